The van der Waals surface area contributed by atoms with Crippen LogP contribution in [0.4, 0.5) is 0 Å². The highest BCUT2D eigenvalue weighted by Crippen LogP contribution is 2.26. The molecule has 0 saturated carbocycles. The van der Waals surface area contributed by atoms with Gasteiger partial charge >= 0.3 is 11.9 Å². The minimum absolute atomic E-state index is 0.103. The first-order valence-corrected chi connectivity index (χ1v) is 21.1. The molecule has 2 heterocycles. The van der Waals surface area contributed by atoms with Crippen molar-refractivity contribution in [2.45, 2.75) is 216 Å². The van der Waals surface area contributed by atoms with Crippen LogP contribution < -0.4 is 0 Å². The molecule has 2 rings (SSSR count). The minimum atomic E-state index is -1.75. The lowest BCUT2D eigenvalue weighted by Gasteiger charge is -2.42. The van der Waals surface area contributed by atoms with Gasteiger partial charge in [-0.15, -0.1) is 0 Å². The Hall–Kier alpha value is -1.50. The number of esters is 2. The maximum Gasteiger partial charge on any atom is 0.306 e. The molecule has 0 amide bonds. The lowest BCUT2D eigenvalue weighted by molar-refractivity contribution is -0.332. The van der Waals surface area contributed by atoms with Crippen molar-refractivity contribution >= 4 is 11.9 Å². The molecule has 11 unspecified atom stereocenters. The Labute approximate surface area is 328 Å². The Morgan fingerprint density at radius 1 is 0.527 bits per heavy atom. The molecular weight excluding hydrogens is 720 g/mol. The van der Waals surface area contributed by atoms with Crippen LogP contribution in [0.2, 0.25) is 0 Å². The highest BCUT2D eigenvalue weighted by atomic mass is 16.7. The lowest BCUT2D eigenvalue weighted by atomic mass is 9.98. The second-order valence-electron chi connectivity index (χ2n) is 15.1. The maximum absolute atomic E-state index is 12.7. The fourth-order valence-corrected chi connectivity index (χ4v) is 6.79. The van der Waals surface area contributed by atoms with E-state index >= 15 is 0 Å². The number of carbonyl (C=O) groups is 2. The summed E-state index contributed by atoms with van der Waals surface area (Å²) in [5, 5.41) is 71.1. The molecule has 2 fully saturated rings. The Morgan fingerprint density at radius 2 is 0.964 bits per heavy atom. The Balaban J connectivity index is 1.66. The van der Waals surface area contributed by atoms with Gasteiger partial charge in [-0.2, -0.15) is 0 Å². The van der Waals surface area contributed by atoms with Crippen molar-refractivity contribution in [3.05, 3.63) is 0 Å². The van der Waals surface area contributed by atoms with Crippen molar-refractivity contribution < 1.29 is 73.8 Å². The second kappa shape index (κ2) is 29.7. The fourth-order valence-electron chi connectivity index (χ4n) is 6.79. The smallest absolute Gasteiger partial charge is 0.306 e. The van der Waals surface area contributed by atoms with Gasteiger partial charge in [-0.3, -0.25) is 9.59 Å². The molecule has 0 aliphatic carbocycles. The van der Waals surface area contributed by atoms with E-state index in [1.165, 1.54) is 96.3 Å². The largest absolute Gasteiger partial charge is 0.462 e. The van der Waals surface area contributed by atoms with Crippen LogP contribution in [0, 0.1) is 0 Å². The van der Waals surface area contributed by atoms with Gasteiger partial charge in [-0.1, -0.05) is 129 Å². The van der Waals surface area contributed by atoms with Gasteiger partial charge in [0.2, 0.25) is 0 Å². The van der Waals surface area contributed by atoms with Crippen LogP contribution in [-0.2, 0) is 38.0 Å². The molecule has 324 valence electrons. The SMILES string of the molecule is CCCCCCCCCCCCCCCCCCCCCC(=O)OC(COC(=O)CC)COC1OC(COC2OC(CO)C(O)C(O)C2O)C(O)C(O)C1O. The van der Waals surface area contributed by atoms with Crippen LogP contribution in [0.5, 0.6) is 0 Å². The topological polar surface area (TPSA) is 231 Å². The Kier molecular flexibility index (Phi) is 26.8. The molecule has 7 N–H and O–H groups in total. The molecule has 2 aliphatic rings. The monoisotopic (exact) mass is 795 g/mol. The number of aliphatic hydroxyl groups excluding tert-OH is 7. The lowest BCUT2D eigenvalue weighted by Crippen LogP contribution is -2.61. The van der Waals surface area contributed by atoms with Gasteiger partial charge in [0.15, 0.2) is 18.7 Å². The van der Waals surface area contributed by atoms with Crippen LogP contribution in [0.1, 0.15) is 149 Å². The van der Waals surface area contributed by atoms with Crippen LogP contribution in [-0.4, -0.2) is 142 Å². The fraction of sp³-hybridized carbons (Fsp3) is 0.950. The van der Waals surface area contributed by atoms with E-state index in [0.717, 1.165) is 19.3 Å². The molecule has 0 aromatic carbocycles. The summed E-state index contributed by atoms with van der Waals surface area (Å²) in [4.78, 5) is 24.5. The van der Waals surface area contributed by atoms with Crippen LogP contribution in [0.25, 0.3) is 0 Å². The number of carbonyl (C=O) groups excluding carboxylic acids is 2. The van der Waals surface area contributed by atoms with Crippen LogP contribution >= 0.6 is 0 Å². The summed E-state index contributed by atoms with van der Waals surface area (Å²) in [5.74, 6) is -1.02. The van der Waals surface area contributed by atoms with Crippen molar-refractivity contribution in [1.82, 2.24) is 0 Å². The van der Waals surface area contributed by atoms with Gasteiger partial charge in [0.1, 0.15) is 55.4 Å². The average molecular weight is 795 g/mol. The average Bonchev–Trinajstić information content (AvgIpc) is 3.18. The quantitative estimate of drug-likeness (QED) is 0.0394. The molecular formula is C40H74O15. The molecule has 0 bridgehead atoms. The number of ether oxygens (including phenoxy) is 6. The zero-order chi connectivity index (χ0) is 40.4. The van der Waals surface area contributed by atoms with E-state index < -0.39 is 92.7 Å². The summed E-state index contributed by atoms with van der Waals surface area (Å²) in [7, 11) is 0. The molecule has 2 saturated heterocycles. The van der Waals surface area contributed by atoms with Gasteiger partial charge in [-0.25, -0.2) is 0 Å². The van der Waals surface area contributed by atoms with Gasteiger partial charge in [0.25, 0.3) is 0 Å². The van der Waals surface area contributed by atoms with E-state index in [2.05, 4.69) is 6.92 Å². The molecule has 0 aromatic rings. The van der Waals surface area contributed by atoms with Crippen molar-refractivity contribution in [1.29, 1.82) is 0 Å². The first kappa shape index (κ1) is 49.6. The summed E-state index contributed by atoms with van der Waals surface area (Å²) in [5.41, 5.74) is 0. The standard InChI is InChI=1S/C40H74O15/c1-3-5-6-7-8-9-10-11-12-13-14-15-16-17-18-19-20-21-22-23-32(43)53-28(25-50-31(42)4-2)26-51-39-38(49)36(47)34(45)30(55-39)27-52-40-37(48)35(46)33(44)29(24-41)54-40/h28-30,33-41,44-49H,3-27H2,1-2H3. The summed E-state index contributed by atoms with van der Waals surface area (Å²) < 4.78 is 32.7. The van der Waals surface area contributed by atoms with Crippen molar-refractivity contribution in [3.63, 3.8) is 0 Å². The van der Waals surface area contributed by atoms with Crippen molar-refractivity contribution in [2.75, 3.05) is 26.4 Å². The third-order valence-corrected chi connectivity index (χ3v) is 10.4. The molecule has 2 aliphatic heterocycles. The third kappa shape index (κ3) is 19.7. The van der Waals surface area contributed by atoms with E-state index in [1.54, 1.807) is 6.92 Å². The van der Waals surface area contributed by atoms with Crippen molar-refractivity contribution in [2.24, 2.45) is 0 Å². The predicted molar refractivity (Wildman–Crippen MR) is 201 cm³/mol. The van der Waals surface area contributed by atoms with E-state index in [9.17, 15) is 45.3 Å². The van der Waals surface area contributed by atoms with E-state index in [1.807, 2.05) is 0 Å². The highest BCUT2D eigenvalue weighted by molar-refractivity contribution is 5.70. The number of unbranched alkanes of at least 4 members (excludes halogenated alkanes) is 18. The second-order valence-corrected chi connectivity index (χ2v) is 15.1. The maximum atomic E-state index is 12.7. The van der Waals surface area contributed by atoms with Crippen LogP contribution in [0.3, 0.4) is 0 Å². The first-order valence-electron chi connectivity index (χ1n) is 21.1. The molecule has 55 heavy (non-hydrogen) atoms. The molecule has 0 aromatic heterocycles. The Morgan fingerprint density at radius 3 is 1.44 bits per heavy atom. The third-order valence-electron chi connectivity index (χ3n) is 10.4. The van der Waals surface area contributed by atoms with Gasteiger partial charge in [-0.05, 0) is 6.42 Å². The number of hydrogen-bond donors (Lipinski definition) is 7. The van der Waals surface area contributed by atoms with E-state index in [4.69, 9.17) is 28.4 Å². The van der Waals surface area contributed by atoms with E-state index in [0.29, 0.717) is 6.42 Å². The summed E-state index contributed by atoms with van der Waals surface area (Å²) >= 11 is 0. The molecule has 15 nitrogen and oxygen atoms in total. The van der Waals surface area contributed by atoms with Gasteiger partial charge in [0.05, 0.1) is 19.8 Å². The number of hydrogen-bond acceptors (Lipinski definition) is 15. The normalized spacial score (nSPS) is 28.9. The number of rotatable bonds is 31. The summed E-state index contributed by atoms with van der Waals surface area (Å²) in [6, 6.07) is 0. The number of aliphatic hydroxyl groups is 7. The first-order chi connectivity index (χ1) is 26.5. The van der Waals surface area contributed by atoms with Crippen molar-refractivity contribution in [3.8, 4) is 0 Å². The molecule has 15 heteroatoms. The van der Waals surface area contributed by atoms with Gasteiger partial charge in [0, 0.05) is 12.8 Å². The zero-order valence-corrected chi connectivity index (χ0v) is 33.4. The van der Waals surface area contributed by atoms with Crippen LogP contribution in [0.15, 0.2) is 0 Å². The Bertz CT molecular complexity index is 986. The highest BCUT2D eigenvalue weighted by Gasteiger charge is 2.47. The summed E-state index contributed by atoms with van der Waals surface area (Å²) in [6.45, 7) is 1.98. The van der Waals surface area contributed by atoms with E-state index in [-0.39, 0.29) is 26.1 Å². The molecule has 0 spiro atoms. The molecule has 0 radical (unpaired) electrons. The van der Waals surface area contributed by atoms with Gasteiger partial charge < -0.3 is 64.2 Å². The molecule has 11 atom stereocenters. The predicted octanol–water partition coefficient (Wildman–Crippen LogP) is 3.31. The summed E-state index contributed by atoms with van der Waals surface area (Å²) in [6.07, 6.45) is 7.16. The zero-order valence-electron chi connectivity index (χ0n) is 33.4. The minimum Gasteiger partial charge on any atom is -0.462 e.